The Morgan fingerprint density at radius 2 is 1.65 bits per heavy atom. The van der Waals surface area contributed by atoms with E-state index in [-0.39, 0.29) is 48.3 Å². The van der Waals surface area contributed by atoms with Crippen LogP contribution in [0.1, 0.15) is 67.0 Å². The molecule has 0 fully saturated rings. The second-order valence-electron chi connectivity index (χ2n) is 11.6. The van der Waals surface area contributed by atoms with Gasteiger partial charge in [0.2, 0.25) is 17.7 Å². The average Bonchev–Trinajstić information content (AvgIpc) is 3.03. The van der Waals surface area contributed by atoms with Crippen LogP contribution in [-0.4, -0.2) is 39.6 Å². The van der Waals surface area contributed by atoms with E-state index in [0.29, 0.717) is 18.4 Å². The van der Waals surface area contributed by atoms with E-state index in [9.17, 15) is 24.5 Å². The number of nitro groups is 1. The van der Waals surface area contributed by atoms with Gasteiger partial charge >= 0.3 is 0 Å². The van der Waals surface area contributed by atoms with Gasteiger partial charge in [0.05, 0.1) is 11.0 Å². The highest BCUT2D eigenvalue weighted by Crippen LogP contribution is 2.31. The van der Waals surface area contributed by atoms with Crippen LogP contribution in [0.2, 0.25) is 0 Å². The first-order chi connectivity index (χ1) is 20.7. The summed E-state index contributed by atoms with van der Waals surface area (Å²) in [4.78, 5) is 53.7. The van der Waals surface area contributed by atoms with Gasteiger partial charge in [0.15, 0.2) is 0 Å². The predicted octanol–water partition coefficient (Wildman–Crippen LogP) is 4.82. The Morgan fingerprint density at radius 1 is 0.977 bits per heavy atom. The zero-order valence-corrected chi connectivity index (χ0v) is 24.6. The lowest BCUT2D eigenvalue weighted by Gasteiger charge is -2.39. The van der Waals surface area contributed by atoms with E-state index >= 15 is 0 Å². The fraction of sp³-hybridized carbons (Fsp3) is 0.382. The molecule has 1 heterocycles. The Balaban J connectivity index is 1.44. The van der Waals surface area contributed by atoms with Crippen LogP contribution < -0.4 is 10.6 Å². The van der Waals surface area contributed by atoms with Crippen molar-refractivity contribution in [3.63, 3.8) is 0 Å². The van der Waals surface area contributed by atoms with E-state index in [2.05, 4.69) is 22.8 Å². The summed E-state index contributed by atoms with van der Waals surface area (Å²) in [5, 5.41) is 17.3. The Morgan fingerprint density at radius 3 is 2.35 bits per heavy atom. The number of carbonyl (C=O) groups is 3. The number of fused-ring (bicyclic) bond motifs is 2. The lowest BCUT2D eigenvalue weighted by Crippen LogP contribution is -2.58. The molecule has 5 rings (SSSR count). The molecule has 0 bridgehead atoms. The molecule has 1 aliphatic carbocycles. The minimum absolute atomic E-state index is 0.0519. The molecule has 224 valence electrons. The fourth-order valence-corrected chi connectivity index (χ4v) is 6.05. The number of nitrogens with zero attached hydrogens (tertiary/aromatic N) is 2. The van der Waals surface area contributed by atoms with E-state index < -0.39 is 17.0 Å². The van der Waals surface area contributed by atoms with Gasteiger partial charge in [0.25, 0.3) is 5.69 Å². The van der Waals surface area contributed by atoms with Crippen molar-refractivity contribution in [2.75, 3.05) is 0 Å². The molecule has 2 N–H and O–H groups in total. The van der Waals surface area contributed by atoms with Crippen molar-refractivity contribution in [2.45, 2.75) is 77.0 Å². The van der Waals surface area contributed by atoms with Gasteiger partial charge < -0.3 is 15.5 Å². The van der Waals surface area contributed by atoms with Gasteiger partial charge in [0.1, 0.15) is 12.1 Å². The van der Waals surface area contributed by atoms with E-state index in [1.807, 2.05) is 43.3 Å². The van der Waals surface area contributed by atoms with Gasteiger partial charge in [-0.3, -0.25) is 24.5 Å². The Hall–Kier alpha value is -4.53. The van der Waals surface area contributed by atoms with Crippen LogP contribution in [0, 0.1) is 16.0 Å². The number of amides is 3. The smallest absolute Gasteiger partial charge is 0.269 e. The van der Waals surface area contributed by atoms with Crippen LogP contribution in [0.4, 0.5) is 5.69 Å². The largest absolute Gasteiger partial charge is 0.347 e. The van der Waals surface area contributed by atoms with Crippen LogP contribution in [0.15, 0.2) is 72.8 Å². The van der Waals surface area contributed by atoms with Crippen molar-refractivity contribution < 1.29 is 19.3 Å². The number of nitro benzene ring substituents is 1. The van der Waals surface area contributed by atoms with E-state index in [4.69, 9.17) is 0 Å². The van der Waals surface area contributed by atoms with Gasteiger partial charge in [-0.2, -0.15) is 0 Å². The number of carbonyl (C=O) groups excluding carboxylic acids is 3. The third kappa shape index (κ3) is 6.77. The minimum atomic E-state index is -0.945. The summed E-state index contributed by atoms with van der Waals surface area (Å²) in [7, 11) is 0. The van der Waals surface area contributed by atoms with Crippen LogP contribution in [0.25, 0.3) is 0 Å². The standard InChI is InChI=1S/C34H38N4O5/c1-3-22(2)32(39)36-30(19-23-15-17-27(18-16-23)38(42)43)34(41)37-21-26-11-5-4-10-25(26)20-31(37)33(40)35-29-14-8-12-24-9-6-7-13-28(24)29/h4-7,9-11,13,15-18,22,29-31H,3,8,12,14,19-21H2,1-2H3,(H,35,40)(H,36,39)/t22-,29-,30+,31?/m1/s1. The van der Waals surface area contributed by atoms with E-state index in [1.54, 1.807) is 24.0 Å². The first kappa shape index (κ1) is 29.9. The maximum Gasteiger partial charge on any atom is 0.269 e. The number of hydrogen-bond acceptors (Lipinski definition) is 5. The number of non-ortho nitro benzene ring substituents is 1. The molecule has 0 radical (unpaired) electrons. The molecule has 1 unspecified atom stereocenters. The maximum atomic E-state index is 14.4. The molecule has 3 aromatic rings. The van der Waals surface area contributed by atoms with Gasteiger partial charge in [-0.25, -0.2) is 0 Å². The predicted molar refractivity (Wildman–Crippen MR) is 163 cm³/mol. The number of nitrogens with one attached hydrogen (secondary N) is 2. The maximum absolute atomic E-state index is 14.4. The summed E-state index contributed by atoms with van der Waals surface area (Å²) in [5.41, 5.74) is 4.95. The van der Waals surface area contributed by atoms with Crippen molar-refractivity contribution in [1.29, 1.82) is 0 Å². The molecular formula is C34H38N4O5. The Kier molecular flexibility index (Phi) is 9.19. The monoisotopic (exact) mass is 582 g/mol. The second kappa shape index (κ2) is 13.2. The molecular weight excluding hydrogens is 544 g/mol. The molecule has 9 heteroatoms. The highest BCUT2D eigenvalue weighted by Gasteiger charge is 2.39. The van der Waals surface area contributed by atoms with Crippen molar-refractivity contribution in [2.24, 2.45) is 5.92 Å². The molecule has 3 aromatic carbocycles. The number of hydrogen-bond donors (Lipinski definition) is 2. The third-order valence-electron chi connectivity index (χ3n) is 8.78. The second-order valence-corrected chi connectivity index (χ2v) is 11.6. The minimum Gasteiger partial charge on any atom is -0.347 e. The Labute approximate surface area is 251 Å². The van der Waals surface area contributed by atoms with Gasteiger partial charge in [0, 0.05) is 37.4 Å². The van der Waals surface area contributed by atoms with Crippen molar-refractivity contribution in [1.82, 2.24) is 15.5 Å². The molecule has 0 aromatic heterocycles. The number of rotatable bonds is 9. The van der Waals surface area contributed by atoms with Gasteiger partial charge in [-0.15, -0.1) is 0 Å². The van der Waals surface area contributed by atoms with Crippen LogP contribution in [0.3, 0.4) is 0 Å². The first-order valence-electron chi connectivity index (χ1n) is 15.0. The quantitative estimate of drug-likeness (QED) is 0.277. The van der Waals surface area contributed by atoms with Crippen LogP contribution in [0.5, 0.6) is 0 Å². The zero-order chi connectivity index (χ0) is 30.5. The van der Waals surface area contributed by atoms with Crippen molar-refractivity contribution >= 4 is 23.4 Å². The molecule has 0 saturated carbocycles. The van der Waals surface area contributed by atoms with Crippen molar-refractivity contribution in [3.8, 4) is 0 Å². The summed E-state index contributed by atoms with van der Waals surface area (Å²) in [6.07, 6.45) is 3.89. The topological polar surface area (TPSA) is 122 Å². The normalized spacial score (nSPS) is 18.9. The van der Waals surface area contributed by atoms with Crippen LogP contribution in [-0.2, 0) is 40.2 Å². The molecule has 43 heavy (non-hydrogen) atoms. The molecule has 0 spiro atoms. The molecule has 9 nitrogen and oxygen atoms in total. The summed E-state index contributed by atoms with van der Waals surface area (Å²) in [5.74, 6) is -1.12. The molecule has 1 aliphatic heterocycles. The summed E-state index contributed by atoms with van der Waals surface area (Å²) < 4.78 is 0. The zero-order valence-electron chi connectivity index (χ0n) is 24.6. The third-order valence-corrected chi connectivity index (χ3v) is 8.78. The first-order valence-corrected chi connectivity index (χ1v) is 15.0. The van der Waals surface area contributed by atoms with Gasteiger partial charge in [-0.1, -0.05) is 74.5 Å². The highest BCUT2D eigenvalue weighted by atomic mass is 16.6. The molecule has 3 amide bonds. The highest BCUT2D eigenvalue weighted by molar-refractivity contribution is 5.93. The number of benzene rings is 3. The van der Waals surface area contributed by atoms with Gasteiger partial charge in [-0.05, 0) is 53.5 Å². The van der Waals surface area contributed by atoms with Crippen molar-refractivity contribution in [3.05, 3.63) is 111 Å². The van der Waals surface area contributed by atoms with E-state index in [1.165, 1.54) is 17.7 Å². The van der Waals surface area contributed by atoms with E-state index in [0.717, 1.165) is 36.0 Å². The average molecular weight is 583 g/mol. The summed E-state index contributed by atoms with van der Waals surface area (Å²) in [6, 6.07) is 20.1. The fourth-order valence-electron chi connectivity index (χ4n) is 6.05. The SMILES string of the molecule is CC[C@@H](C)C(=O)N[C@@H](Cc1ccc([N+](=O)[O-])cc1)C(=O)N1Cc2ccccc2CC1C(=O)N[C@@H]1CCCc2ccccc21. The van der Waals surface area contributed by atoms with Crippen LogP contribution >= 0.6 is 0 Å². The summed E-state index contributed by atoms with van der Waals surface area (Å²) >= 11 is 0. The molecule has 2 aliphatic rings. The molecule has 0 saturated heterocycles. The number of aryl methyl sites for hydroxylation is 1. The lowest BCUT2D eigenvalue weighted by atomic mass is 9.87. The lowest BCUT2D eigenvalue weighted by molar-refractivity contribution is -0.384. The summed E-state index contributed by atoms with van der Waals surface area (Å²) in [6.45, 7) is 3.95. The Bertz CT molecular complexity index is 1500. The molecule has 4 atom stereocenters.